The van der Waals surface area contributed by atoms with E-state index in [1.165, 1.54) is 31.9 Å². The molecular weight excluding hydrogens is 306 g/mol. The van der Waals surface area contributed by atoms with Crippen molar-refractivity contribution >= 4 is 17.6 Å². The summed E-state index contributed by atoms with van der Waals surface area (Å²) in [5, 5.41) is 6.29. The number of rotatable bonds is 12. The van der Waals surface area contributed by atoms with Gasteiger partial charge in [0.05, 0.1) is 0 Å². The van der Waals surface area contributed by atoms with Crippen molar-refractivity contribution in [1.29, 1.82) is 0 Å². The molecule has 136 valence electrons. The highest BCUT2D eigenvalue weighted by molar-refractivity contribution is 5.93. The van der Waals surface area contributed by atoms with Gasteiger partial charge in [-0.1, -0.05) is 51.1 Å². The Kier molecular flexibility index (Phi) is 9.80. The van der Waals surface area contributed by atoms with Gasteiger partial charge in [0.15, 0.2) is 5.82 Å². The number of amides is 2. The van der Waals surface area contributed by atoms with E-state index in [4.69, 9.17) is 0 Å². The van der Waals surface area contributed by atoms with Crippen molar-refractivity contribution in [3.63, 3.8) is 0 Å². The summed E-state index contributed by atoms with van der Waals surface area (Å²) in [6.07, 6.45) is 9.58. The summed E-state index contributed by atoms with van der Waals surface area (Å²) in [6, 6.07) is 1.62. The van der Waals surface area contributed by atoms with Crippen LogP contribution in [0.25, 0.3) is 0 Å². The first-order chi connectivity index (χ1) is 11.6. The highest BCUT2D eigenvalue weighted by Crippen LogP contribution is 2.12. The van der Waals surface area contributed by atoms with Crippen LogP contribution in [0.2, 0.25) is 0 Å². The molecule has 0 radical (unpaired) electrons. The zero-order valence-corrected chi connectivity index (χ0v) is 15.2. The molecule has 6 nitrogen and oxygen atoms in total. The first-order valence-electron chi connectivity index (χ1n) is 9.08. The van der Waals surface area contributed by atoms with Gasteiger partial charge in [-0.25, -0.2) is 0 Å². The summed E-state index contributed by atoms with van der Waals surface area (Å²) in [4.78, 5) is 26.3. The fourth-order valence-corrected chi connectivity index (χ4v) is 2.52. The van der Waals surface area contributed by atoms with E-state index in [0.29, 0.717) is 12.2 Å². The summed E-state index contributed by atoms with van der Waals surface area (Å²) in [6.45, 7) is 6.24. The minimum absolute atomic E-state index is 0.0423. The zero-order chi connectivity index (χ0) is 17.8. The molecular formula is C18H31N3O3. The van der Waals surface area contributed by atoms with Crippen molar-refractivity contribution in [2.75, 3.05) is 11.9 Å². The number of carbonyl (C=O) groups is 2. The number of hydrogen-bond donors (Lipinski definition) is 1. The molecule has 1 rings (SSSR count). The van der Waals surface area contributed by atoms with Crippen LogP contribution in [0.5, 0.6) is 0 Å². The van der Waals surface area contributed by atoms with Crippen LogP contribution >= 0.6 is 0 Å². The lowest BCUT2D eigenvalue weighted by molar-refractivity contribution is -0.136. The van der Waals surface area contributed by atoms with E-state index in [1.54, 1.807) is 11.0 Å². The fourth-order valence-electron chi connectivity index (χ4n) is 2.52. The van der Waals surface area contributed by atoms with Gasteiger partial charge in [-0.15, -0.1) is 0 Å². The van der Waals surface area contributed by atoms with Crippen LogP contribution in [-0.2, 0) is 9.59 Å². The summed E-state index contributed by atoms with van der Waals surface area (Å²) >= 11 is 0. The van der Waals surface area contributed by atoms with E-state index >= 15 is 0 Å². The number of anilines is 1. The van der Waals surface area contributed by atoms with Crippen LogP contribution in [-0.4, -0.2) is 34.5 Å². The maximum Gasteiger partial charge on any atom is 0.245 e. The van der Waals surface area contributed by atoms with E-state index in [1.807, 2.05) is 13.8 Å². The number of nitrogens with one attached hydrogen (secondary N) is 1. The zero-order valence-electron chi connectivity index (χ0n) is 15.2. The van der Waals surface area contributed by atoms with Crippen molar-refractivity contribution in [3.8, 4) is 0 Å². The van der Waals surface area contributed by atoms with Gasteiger partial charge in [0, 0.05) is 18.5 Å². The largest absolute Gasteiger partial charge is 0.363 e. The maximum atomic E-state index is 12.5. The Hall–Kier alpha value is -1.85. The molecule has 1 atom stereocenters. The molecule has 6 heteroatoms. The lowest BCUT2D eigenvalue weighted by Gasteiger charge is -2.28. The van der Waals surface area contributed by atoms with Gasteiger partial charge < -0.3 is 14.7 Å². The van der Waals surface area contributed by atoms with Crippen LogP contribution in [0.1, 0.15) is 72.1 Å². The average Bonchev–Trinajstić information content (AvgIpc) is 3.07. The standard InChI is InChI=1S/C18H31N3O3/c1-4-6-7-8-9-10-11-18(23)21(15(3)5-2)14-17(22)19-16-12-13-24-20-16/h12-13,15H,4-11,14H2,1-3H3,(H,19,20,22). The second-order valence-corrected chi connectivity index (χ2v) is 6.23. The Morgan fingerprint density at radius 1 is 1.21 bits per heavy atom. The van der Waals surface area contributed by atoms with Crippen molar-refractivity contribution < 1.29 is 14.1 Å². The van der Waals surface area contributed by atoms with Gasteiger partial charge in [0.25, 0.3) is 0 Å². The third-order valence-electron chi connectivity index (χ3n) is 4.21. The molecule has 0 bridgehead atoms. The summed E-state index contributed by atoms with van der Waals surface area (Å²) in [5.41, 5.74) is 0. The van der Waals surface area contributed by atoms with E-state index in [-0.39, 0.29) is 24.4 Å². The number of hydrogen-bond acceptors (Lipinski definition) is 4. The molecule has 0 fully saturated rings. The van der Waals surface area contributed by atoms with Gasteiger partial charge in [-0.3, -0.25) is 9.59 Å². The molecule has 0 aromatic carbocycles. The smallest absolute Gasteiger partial charge is 0.245 e. The summed E-state index contributed by atoms with van der Waals surface area (Å²) in [5.74, 6) is 0.170. The van der Waals surface area contributed by atoms with Crippen molar-refractivity contribution in [1.82, 2.24) is 10.1 Å². The van der Waals surface area contributed by atoms with Gasteiger partial charge in [0.2, 0.25) is 11.8 Å². The fraction of sp³-hybridized carbons (Fsp3) is 0.722. The van der Waals surface area contributed by atoms with E-state index < -0.39 is 0 Å². The molecule has 0 saturated carbocycles. The van der Waals surface area contributed by atoms with E-state index in [9.17, 15) is 9.59 Å². The SMILES string of the molecule is CCCCCCCCC(=O)N(CC(=O)Nc1ccon1)C(C)CC. The quantitative estimate of drug-likeness (QED) is 0.585. The van der Waals surface area contributed by atoms with Gasteiger partial charge in [-0.2, -0.15) is 0 Å². The van der Waals surface area contributed by atoms with Crippen molar-refractivity contribution in [2.24, 2.45) is 0 Å². The molecule has 1 N–H and O–H groups in total. The van der Waals surface area contributed by atoms with E-state index in [0.717, 1.165) is 19.3 Å². The molecule has 1 unspecified atom stereocenters. The van der Waals surface area contributed by atoms with Crippen molar-refractivity contribution in [2.45, 2.75) is 78.2 Å². The molecule has 0 saturated heterocycles. The number of nitrogens with zero attached hydrogens (tertiary/aromatic N) is 2. The van der Waals surface area contributed by atoms with Gasteiger partial charge >= 0.3 is 0 Å². The van der Waals surface area contributed by atoms with Crippen LogP contribution in [0.4, 0.5) is 5.82 Å². The Labute approximate surface area is 145 Å². The Morgan fingerprint density at radius 3 is 2.54 bits per heavy atom. The predicted octanol–water partition coefficient (Wildman–Crippen LogP) is 3.99. The highest BCUT2D eigenvalue weighted by atomic mass is 16.5. The molecule has 0 aliphatic heterocycles. The van der Waals surface area contributed by atoms with Crippen LogP contribution in [0.3, 0.4) is 0 Å². The molecule has 1 heterocycles. The molecule has 0 spiro atoms. The summed E-state index contributed by atoms with van der Waals surface area (Å²) < 4.78 is 4.68. The maximum absolute atomic E-state index is 12.5. The molecule has 2 amide bonds. The Balaban J connectivity index is 2.42. The number of unbranched alkanes of at least 4 members (excludes halogenated alkanes) is 5. The van der Waals surface area contributed by atoms with Crippen molar-refractivity contribution in [3.05, 3.63) is 12.3 Å². The lowest BCUT2D eigenvalue weighted by Crippen LogP contribution is -2.43. The molecule has 0 aliphatic rings. The minimum Gasteiger partial charge on any atom is -0.363 e. The molecule has 1 aromatic rings. The van der Waals surface area contributed by atoms with Gasteiger partial charge in [0.1, 0.15) is 12.8 Å². The molecule has 24 heavy (non-hydrogen) atoms. The first kappa shape index (κ1) is 20.2. The monoisotopic (exact) mass is 337 g/mol. The number of aromatic nitrogens is 1. The highest BCUT2D eigenvalue weighted by Gasteiger charge is 2.21. The Morgan fingerprint density at radius 2 is 1.92 bits per heavy atom. The average molecular weight is 337 g/mol. The second-order valence-electron chi connectivity index (χ2n) is 6.23. The summed E-state index contributed by atoms with van der Waals surface area (Å²) in [7, 11) is 0. The third kappa shape index (κ3) is 7.62. The normalized spacial score (nSPS) is 12.0. The lowest BCUT2D eigenvalue weighted by atomic mass is 10.1. The van der Waals surface area contributed by atoms with Crippen LogP contribution in [0, 0.1) is 0 Å². The molecule has 0 aliphatic carbocycles. The van der Waals surface area contributed by atoms with Crippen LogP contribution < -0.4 is 5.32 Å². The topological polar surface area (TPSA) is 75.4 Å². The third-order valence-corrected chi connectivity index (χ3v) is 4.21. The number of carbonyl (C=O) groups excluding carboxylic acids is 2. The minimum atomic E-state index is -0.250. The Bertz CT molecular complexity index is 474. The molecule has 1 aromatic heterocycles. The van der Waals surface area contributed by atoms with Gasteiger partial charge in [-0.05, 0) is 19.8 Å². The van der Waals surface area contributed by atoms with E-state index in [2.05, 4.69) is 21.9 Å². The second kappa shape index (κ2) is 11.6. The van der Waals surface area contributed by atoms with Crippen LogP contribution in [0.15, 0.2) is 16.9 Å². The first-order valence-corrected chi connectivity index (χ1v) is 9.08. The predicted molar refractivity (Wildman–Crippen MR) is 94.6 cm³/mol.